The molecule has 1 atom stereocenters. The number of aryl methyl sites for hydroxylation is 1. The van der Waals surface area contributed by atoms with Crippen LogP contribution in [0, 0.1) is 5.92 Å². The van der Waals surface area contributed by atoms with Gasteiger partial charge in [0.05, 0.1) is 6.20 Å². The van der Waals surface area contributed by atoms with Crippen molar-refractivity contribution >= 4 is 0 Å². The number of phenols is 1. The van der Waals surface area contributed by atoms with Crippen molar-refractivity contribution < 1.29 is 5.11 Å². The van der Waals surface area contributed by atoms with Crippen molar-refractivity contribution in [3.05, 3.63) is 36.2 Å². The molecule has 0 bridgehead atoms. The van der Waals surface area contributed by atoms with Crippen LogP contribution in [0.1, 0.15) is 18.5 Å². The second kappa shape index (κ2) is 5.67. The first-order valence-corrected chi connectivity index (χ1v) is 7.25. The van der Waals surface area contributed by atoms with Gasteiger partial charge in [0.15, 0.2) is 0 Å². The molecule has 2 N–H and O–H groups in total. The quantitative estimate of drug-likeness (QED) is 0.901. The Labute approximate surface area is 119 Å². The van der Waals surface area contributed by atoms with E-state index in [4.69, 9.17) is 0 Å². The van der Waals surface area contributed by atoms with Gasteiger partial charge >= 0.3 is 0 Å². The van der Waals surface area contributed by atoms with Gasteiger partial charge in [0, 0.05) is 18.3 Å². The number of benzene rings is 1. The summed E-state index contributed by atoms with van der Waals surface area (Å²) >= 11 is 0. The minimum Gasteiger partial charge on any atom is -0.508 e. The summed E-state index contributed by atoms with van der Waals surface area (Å²) in [5.74, 6) is 0.979. The summed E-state index contributed by atoms with van der Waals surface area (Å²) in [7, 11) is 2.00. The van der Waals surface area contributed by atoms with Crippen LogP contribution in [0.5, 0.6) is 5.75 Å². The molecular formula is C16H21N3O. The van der Waals surface area contributed by atoms with E-state index in [-0.39, 0.29) is 0 Å². The maximum absolute atomic E-state index is 9.66. The fraction of sp³-hybridized carbons (Fsp3) is 0.438. The molecule has 2 aromatic rings. The second-order valence-corrected chi connectivity index (χ2v) is 5.60. The fourth-order valence-corrected chi connectivity index (χ4v) is 2.99. The number of aromatic hydroxyl groups is 1. The first-order chi connectivity index (χ1) is 9.74. The third-order valence-corrected chi connectivity index (χ3v) is 4.10. The molecule has 0 amide bonds. The summed E-state index contributed by atoms with van der Waals surface area (Å²) < 4.78 is 1.97. The Morgan fingerprint density at radius 2 is 2.35 bits per heavy atom. The molecule has 106 valence electrons. The highest BCUT2D eigenvalue weighted by Crippen LogP contribution is 2.28. The summed E-state index contributed by atoms with van der Waals surface area (Å²) in [6, 6.07) is 7.41. The zero-order valence-corrected chi connectivity index (χ0v) is 11.8. The Bertz CT molecular complexity index is 585. The molecule has 1 fully saturated rings. The predicted molar refractivity (Wildman–Crippen MR) is 79.6 cm³/mol. The van der Waals surface area contributed by atoms with Crippen molar-refractivity contribution in [3.63, 3.8) is 0 Å². The summed E-state index contributed by atoms with van der Waals surface area (Å²) in [5, 5.41) is 17.5. The molecule has 4 nitrogen and oxygen atoms in total. The number of nitrogens with zero attached hydrogens (tertiary/aromatic N) is 2. The van der Waals surface area contributed by atoms with Crippen molar-refractivity contribution in [1.82, 2.24) is 15.1 Å². The first-order valence-electron chi connectivity index (χ1n) is 7.25. The number of rotatable bonds is 3. The van der Waals surface area contributed by atoms with Gasteiger partial charge in [-0.15, -0.1) is 0 Å². The normalized spacial score (nSPS) is 19.1. The molecule has 1 unspecified atom stereocenters. The highest BCUT2D eigenvalue weighted by atomic mass is 16.3. The van der Waals surface area contributed by atoms with Crippen LogP contribution in [0.2, 0.25) is 0 Å². The zero-order chi connectivity index (χ0) is 13.9. The number of nitrogens with one attached hydrogen (secondary N) is 1. The molecule has 1 aromatic heterocycles. The number of phenolic OH excluding ortho intramolecular Hbond substituents is 1. The van der Waals surface area contributed by atoms with E-state index in [1.165, 1.54) is 18.5 Å². The highest BCUT2D eigenvalue weighted by molar-refractivity contribution is 5.66. The van der Waals surface area contributed by atoms with E-state index in [1.807, 2.05) is 30.1 Å². The summed E-state index contributed by atoms with van der Waals surface area (Å²) in [6.07, 6.45) is 5.47. The molecular weight excluding hydrogens is 250 g/mol. The molecule has 2 heterocycles. The molecule has 4 heteroatoms. The standard InChI is InChI=1S/C16H21N3O/c1-19-16(8-12-4-3-7-17-10-12)15(11-18-19)13-5-2-6-14(20)9-13/h2,5-6,9,11-12,17,20H,3-4,7-8,10H2,1H3. The molecule has 1 aromatic carbocycles. The van der Waals surface area contributed by atoms with Gasteiger partial charge in [-0.05, 0) is 56.0 Å². The van der Waals surface area contributed by atoms with Gasteiger partial charge in [-0.25, -0.2) is 0 Å². The third-order valence-electron chi connectivity index (χ3n) is 4.10. The van der Waals surface area contributed by atoms with Gasteiger partial charge in [-0.1, -0.05) is 12.1 Å². The Morgan fingerprint density at radius 1 is 1.45 bits per heavy atom. The lowest BCUT2D eigenvalue weighted by atomic mass is 9.92. The Kier molecular flexibility index (Phi) is 3.74. The lowest BCUT2D eigenvalue weighted by Crippen LogP contribution is -2.31. The number of piperidine rings is 1. The van der Waals surface area contributed by atoms with E-state index < -0.39 is 0 Å². The third kappa shape index (κ3) is 2.70. The van der Waals surface area contributed by atoms with E-state index in [9.17, 15) is 5.11 Å². The molecule has 0 spiro atoms. The van der Waals surface area contributed by atoms with Crippen LogP contribution in [-0.4, -0.2) is 28.0 Å². The van der Waals surface area contributed by atoms with Crippen LogP contribution in [0.3, 0.4) is 0 Å². The molecule has 1 aliphatic heterocycles. The van der Waals surface area contributed by atoms with Gasteiger partial charge in [0.25, 0.3) is 0 Å². The minimum atomic E-state index is 0.302. The highest BCUT2D eigenvalue weighted by Gasteiger charge is 2.18. The molecule has 1 aliphatic rings. The number of hydrogen-bond acceptors (Lipinski definition) is 3. The molecule has 0 aliphatic carbocycles. The minimum absolute atomic E-state index is 0.302. The molecule has 0 radical (unpaired) electrons. The van der Waals surface area contributed by atoms with Crippen molar-refractivity contribution in [3.8, 4) is 16.9 Å². The topological polar surface area (TPSA) is 50.1 Å². The van der Waals surface area contributed by atoms with Gasteiger partial charge in [-0.2, -0.15) is 5.10 Å². The SMILES string of the molecule is Cn1ncc(-c2cccc(O)c2)c1CC1CCCNC1. The Hall–Kier alpha value is -1.81. The van der Waals surface area contributed by atoms with Crippen LogP contribution in [0.4, 0.5) is 0 Å². The van der Waals surface area contributed by atoms with Crippen LogP contribution in [0.25, 0.3) is 11.1 Å². The van der Waals surface area contributed by atoms with Crippen LogP contribution in [-0.2, 0) is 13.5 Å². The largest absolute Gasteiger partial charge is 0.508 e. The molecule has 0 saturated carbocycles. The van der Waals surface area contributed by atoms with Crippen molar-refractivity contribution in [2.75, 3.05) is 13.1 Å². The van der Waals surface area contributed by atoms with Gasteiger partial charge < -0.3 is 10.4 Å². The first kappa shape index (κ1) is 13.2. The average molecular weight is 271 g/mol. The zero-order valence-electron chi connectivity index (χ0n) is 11.8. The van der Waals surface area contributed by atoms with Gasteiger partial charge in [-0.3, -0.25) is 4.68 Å². The summed E-state index contributed by atoms with van der Waals surface area (Å²) in [4.78, 5) is 0. The van der Waals surface area contributed by atoms with Crippen molar-refractivity contribution in [1.29, 1.82) is 0 Å². The van der Waals surface area contributed by atoms with Crippen molar-refractivity contribution in [2.24, 2.45) is 13.0 Å². The number of hydrogen-bond donors (Lipinski definition) is 2. The maximum Gasteiger partial charge on any atom is 0.116 e. The molecule has 1 saturated heterocycles. The van der Waals surface area contributed by atoms with E-state index >= 15 is 0 Å². The maximum atomic E-state index is 9.66. The monoisotopic (exact) mass is 271 g/mol. The van der Waals surface area contributed by atoms with E-state index in [0.717, 1.165) is 30.6 Å². The second-order valence-electron chi connectivity index (χ2n) is 5.60. The van der Waals surface area contributed by atoms with E-state index in [1.54, 1.807) is 12.1 Å². The smallest absolute Gasteiger partial charge is 0.116 e. The van der Waals surface area contributed by atoms with Gasteiger partial charge in [0.2, 0.25) is 0 Å². The van der Waals surface area contributed by atoms with Crippen LogP contribution in [0.15, 0.2) is 30.5 Å². The van der Waals surface area contributed by atoms with E-state index in [0.29, 0.717) is 11.7 Å². The van der Waals surface area contributed by atoms with Crippen molar-refractivity contribution in [2.45, 2.75) is 19.3 Å². The molecule has 3 rings (SSSR count). The number of aromatic nitrogens is 2. The Balaban J connectivity index is 1.88. The average Bonchev–Trinajstić information content (AvgIpc) is 2.82. The fourth-order valence-electron chi connectivity index (χ4n) is 2.99. The lowest BCUT2D eigenvalue weighted by molar-refractivity contribution is 0.370. The van der Waals surface area contributed by atoms with E-state index in [2.05, 4.69) is 10.4 Å². The Morgan fingerprint density at radius 3 is 3.10 bits per heavy atom. The van der Waals surface area contributed by atoms with Crippen LogP contribution >= 0.6 is 0 Å². The van der Waals surface area contributed by atoms with Crippen LogP contribution < -0.4 is 5.32 Å². The summed E-state index contributed by atoms with van der Waals surface area (Å²) in [6.45, 7) is 2.23. The van der Waals surface area contributed by atoms with Gasteiger partial charge in [0.1, 0.15) is 5.75 Å². The predicted octanol–water partition coefficient (Wildman–Crippen LogP) is 2.33. The summed E-state index contributed by atoms with van der Waals surface area (Å²) in [5.41, 5.74) is 3.43. The lowest BCUT2D eigenvalue weighted by Gasteiger charge is -2.23. The molecule has 20 heavy (non-hydrogen) atoms.